The smallest absolute Gasteiger partial charge is 0.313 e. The first kappa shape index (κ1) is 75.8. The van der Waals surface area contributed by atoms with Crippen molar-refractivity contribution in [2.45, 2.75) is 129 Å². The number of nitrogens with one attached hydrogen (secondary N) is 1. The Hall–Kier alpha value is -5.53. The van der Waals surface area contributed by atoms with E-state index in [1.54, 1.807) is 4.68 Å². The third kappa shape index (κ3) is 27.9. The van der Waals surface area contributed by atoms with Crippen molar-refractivity contribution in [2.24, 2.45) is 5.92 Å². The number of carbonyl (C=O) groups is 3. The van der Waals surface area contributed by atoms with E-state index in [2.05, 4.69) is 61.0 Å². The number of fused-ring (bicyclic) bond motifs is 3. The van der Waals surface area contributed by atoms with E-state index in [0.29, 0.717) is 189 Å². The average molecular weight is 1330 g/mol. The lowest BCUT2D eigenvalue weighted by Crippen LogP contribution is -2.45. The normalized spacial score (nSPS) is 16.7. The van der Waals surface area contributed by atoms with Crippen molar-refractivity contribution in [3.05, 3.63) is 94.6 Å². The van der Waals surface area contributed by atoms with Crippen molar-refractivity contribution >= 4 is 17.8 Å². The second kappa shape index (κ2) is 44.3. The van der Waals surface area contributed by atoms with E-state index >= 15 is 0 Å². The molecule has 2 fully saturated rings. The molecule has 3 atom stereocenters. The number of rotatable bonds is 52. The summed E-state index contributed by atoms with van der Waals surface area (Å²) in [6.07, 6.45) is 11.0. The number of aryl methyl sites for hydroxylation is 2. The molecule has 4 aromatic rings. The Bertz CT molecular complexity index is 2730. The molecule has 0 saturated carbocycles. The van der Waals surface area contributed by atoms with Gasteiger partial charge in [0.1, 0.15) is 11.6 Å². The monoisotopic (exact) mass is 1330 g/mol. The molecular formula is C67H101F3N8O16. The fourth-order valence-electron chi connectivity index (χ4n) is 11.6. The zero-order valence-corrected chi connectivity index (χ0v) is 55.4. The van der Waals surface area contributed by atoms with Gasteiger partial charge >= 0.3 is 5.97 Å². The Labute approximate surface area is 551 Å². The molecule has 526 valence electrons. The largest absolute Gasteiger partial charge is 0.420 e. The zero-order valence-electron chi connectivity index (χ0n) is 55.4. The topological polar surface area (TPSA) is 238 Å². The van der Waals surface area contributed by atoms with Gasteiger partial charge in [0.15, 0.2) is 11.6 Å². The summed E-state index contributed by atoms with van der Waals surface area (Å²) >= 11 is 0. The number of nitrogens with zero attached hydrogens (tertiary/aromatic N) is 7. The average Bonchev–Trinajstić information content (AvgIpc) is 1.62. The number of piperidine rings is 1. The molecule has 2 unspecified atom stereocenters. The SMILES string of the molecule is Cc1nc2c(n1C1CC3CCC(C1)N3CC[C@H](NC(=O)C(C)C)c1ccccc1)CCN(C(=O)CCCCc1cn(CCOCCOCCOCCOCCOCCOCCOCCOCCOCCOCCOCCOCCC(=O)Oc3c(F)cc(F)cc3F)nn1)C2. The second-order valence-corrected chi connectivity index (χ2v) is 23.6. The number of hydrogen-bond donors (Lipinski definition) is 1. The van der Waals surface area contributed by atoms with Crippen LogP contribution < -0.4 is 10.1 Å². The van der Waals surface area contributed by atoms with E-state index in [-0.39, 0.29) is 50.0 Å². The van der Waals surface area contributed by atoms with Gasteiger partial charge in [0.2, 0.25) is 17.6 Å². The molecule has 24 nitrogen and oxygen atoms in total. The van der Waals surface area contributed by atoms with Crippen LogP contribution in [0.15, 0.2) is 48.7 Å². The Balaban J connectivity index is 0.568. The molecule has 1 N–H and O–H groups in total. The predicted octanol–water partition coefficient (Wildman–Crippen LogP) is 6.76. The van der Waals surface area contributed by atoms with E-state index in [9.17, 15) is 27.6 Å². The maximum Gasteiger partial charge on any atom is 0.313 e. The quantitative estimate of drug-likeness (QED) is 0.0273. The number of benzene rings is 2. The minimum absolute atomic E-state index is 0.00135. The van der Waals surface area contributed by atoms with Gasteiger partial charge < -0.3 is 76.4 Å². The molecule has 2 amide bonds. The van der Waals surface area contributed by atoms with E-state index in [1.807, 2.05) is 31.0 Å². The van der Waals surface area contributed by atoms with Gasteiger partial charge in [-0.1, -0.05) is 49.4 Å². The fourth-order valence-corrected chi connectivity index (χ4v) is 11.6. The molecule has 2 aromatic carbocycles. The Morgan fingerprint density at radius 3 is 1.60 bits per heavy atom. The minimum Gasteiger partial charge on any atom is -0.420 e. The number of esters is 1. The Morgan fingerprint density at radius 1 is 0.606 bits per heavy atom. The van der Waals surface area contributed by atoms with Gasteiger partial charge in [-0.3, -0.25) is 19.3 Å². The van der Waals surface area contributed by atoms with Crippen molar-refractivity contribution in [1.82, 2.24) is 39.7 Å². The summed E-state index contributed by atoms with van der Waals surface area (Å²) in [5.74, 6) is -4.29. The van der Waals surface area contributed by atoms with E-state index in [1.165, 1.54) is 24.1 Å². The first-order valence-electron chi connectivity index (χ1n) is 33.6. The number of aromatic nitrogens is 5. The summed E-state index contributed by atoms with van der Waals surface area (Å²) in [5.41, 5.74) is 4.44. The molecule has 3 aliphatic rings. The molecule has 5 heterocycles. The molecule has 0 spiro atoms. The van der Waals surface area contributed by atoms with Crippen molar-refractivity contribution in [3.8, 4) is 5.75 Å². The highest BCUT2D eigenvalue weighted by molar-refractivity contribution is 5.78. The van der Waals surface area contributed by atoms with Crippen LogP contribution in [0.3, 0.4) is 0 Å². The van der Waals surface area contributed by atoms with Crippen molar-refractivity contribution in [2.75, 3.05) is 172 Å². The number of halogens is 3. The van der Waals surface area contributed by atoms with Crippen LogP contribution in [0.1, 0.15) is 112 Å². The molecular weight excluding hydrogens is 1230 g/mol. The van der Waals surface area contributed by atoms with Gasteiger partial charge in [0.25, 0.3) is 0 Å². The predicted molar refractivity (Wildman–Crippen MR) is 339 cm³/mol. The van der Waals surface area contributed by atoms with Gasteiger partial charge in [-0.25, -0.2) is 22.8 Å². The molecule has 2 aromatic heterocycles. The van der Waals surface area contributed by atoms with Crippen molar-refractivity contribution < 1.29 is 89.1 Å². The highest BCUT2D eigenvalue weighted by Crippen LogP contribution is 2.43. The summed E-state index contributed by atoms with van der Waals surface area (Å²) in [6, 6.07) is 12.7. The van der Waals surface area contributed by atoms with Gasteiger partial charge in [-0.05, 0) is 63.9 Å². The van der Waals surface area contributed by atoms with Gasteiger partial charge in [-0.15, -0.1) is 5.10 Å². The molecule has 0 aliphatic carbocycles. The lowest BCUT2D eigenvalue weighted by atomic mass is 9.94. The lowest BCUT2D eigenvalue weighted by Gasteiger charge is -2.41. The molecule has 94 heavy (non-hydrogen) atoms. The first-order valence-corrected chi connectivity index (χ1v) is 33.6. The van der Waals surface area contributed by atoms with E-state index < -0.39 is 29.2 Å². The molecule has 27 heteroatoms. The summed E-state index contributed by atoms with van der Waals surface area (Å²) in [6.45, 7) is 18.5. The van der Waals surface area contributed by atoms with Crippen LogP contribution >= 0.6 is 0 Å². The van der Waals surface area contributed by atoms with Crippen LogP contribution in [-0.2, 0) is 97.2 Å². The van der Waals surface area contributed by atoms with E-state index in [4.69, 9.17) is 61.8 Å². The molecule has 2 bridgehead atoms. The summed E-state index contributed by atoms with van der Waals surface area (Å²) in [5, 5.41) is 11.9. The van der Waals surface area contributed by atoms with Crippen LogP contribution in [0.25, 0.3) is 0 Å². The van der Waals surface area contributed by atoms with Crippen LogP contribution in [0, 0.1) is 30.3 Å². The molecule has 0 radical (unpaired) electrons. The fraction of sp³-hybridized carbons (Fsp3) is 0.701. The number of carbonyl (C=O) groups excluding carboxylic acids is 3. The van der Waals surface area contributed by atoms with Crippen molar-refractivity contribution in [3.63, 3.8) is 0 Å². The van der Waals surface area contributed by atoms with Gasteiger partial charge in [-0.2, -0.15) is 0 Å². The molecule has 2 saturated heterocycles. The molecule has 3 aliphatic heterocycles. The van der Waals surface area contributed by atoms with Crippen molar-refractivity contribution in [1.29, 1.82) is 0 Å². The van der Waals surface area contributed by atoms with E-state index in [0.717, 1.165) is 75.2 Å². The summed E-state index contributed by atoms with van der Waals surface area (Å²) < 4.78 is 115. The number of amides is 2. The third-order valence-electron chi connectivity index (χ3n) is 16.4. The second-order valence-electron chi connectivity index (χ2n) is 23.6. The highest BCUT2D eigenvalue weighted by Gasteiger charge is 2.43. The number of unbranched alkanes of at least 4 members (excludes halogenated alkanes) is 1. The van der Waals surface area contributed by atoms with Crippen LogP contribution in [0.2, 0.25) is 0 Å². The number of ether oxygens (including phenoxy) is 13. The number of hydrogen-bond acceptors (Lipinski definition) is 20. The van der Waals surface area contributed by atoms with Crippen LogP contribution in [0.4, 0.5) is 13.2 Å². The molecule has 7 rings (SSSR count). The third-order valence-corrected chi connectivity index (χ3v) is 16.4. The van der Waals surface area contributed by atoms with Gasteiger partial charge in [0.05, 0.1) is 196 Å². The first-order chi connectivity index (χ1) is 45.9. The van der Waals surface area contributed by atoms with Crippen LogP contribution in [0.5, 0.6) is 5.75 Å². The number of imidazole rings is 1. The Morgan fingerprint density at radius 2 is 1.10 bits per heavy atom. The standard InChI is InChI=1S/C67H101F3N8O16/c1-51(2)67(81)72-61(53-9-5-4-6-10-53)15-19-77-56-13-14-57(77)48-58(47-56)78-52(3)71-62-50-75(18-16-63(62)78)64(79)12-8-7-11-55-49-76(74-73-55)20-22-83-24-26-85-28-30-87-32-34-89-36-38-91-40-42-93-44-43-92-41-39-90-37-35-88-33-31-86-29-27-84-25-23-82-21-17-65(80)94-66-59(69)45-54(68)46-60(66)70/h4-6,9-10,45-46,49,51,56-58,61H,7-8,11-44,47-48,50H2,1-3H3,(H,72,81)/t56?,57?,58?,61-/m0/s1. The minimum atomic E-state index is -1.30. The summed E-state index contributed by atoms with van der Waals surface area (Å²) in [7, 11) is 0. The highest BCUT2D eigenvalue weighted by atomic mass is 19.1. The van der Waals surface area contributed by atoms with Gasteiger partial charge in [0, 0.05) is 74.0 Å². The summed E-state index contributed by atoms with van der Waals surface area (Å²) in [4.78, 5) is 47.8. The zero-order chi connectivity index (χ0) is 66.4. The van der Waals surface area contributed by atoms with Crippen LogP contribution in [-0.4, -0.2) is 236 Å². The maximum absolute atomic E-state index is 13.6. The maximum atomic E-state index is 13.6. The Kier molecular flexibility index (Phi) is 35.8. The lowest BCUT2D eigenvalue weighted by molar-refractivity contribution is -0.136.